The Labute approximate surface area is 563 Å². The Morgan fingerprint density at radius 1 is 0.277 bits per heavy atom. The molecule has 6 aromatic heterocycles. The number of nitrogens with zero attached hydrogens (tertiary/aromatic N) is 33. The van der Waals surface area contributed by atoms with E-state index in [1.165, 1.54) is 118 Å². The third kappa shape index (κ3) is 44.0. The van der Waals surface area contributed by atoms with Gasteiger partial charge in [-0.2, -0.15) is 131 Å². The molecule has 6 heterocycles. The average molecular weight is 1330 g/mol. The molecule has 0 saturated heterocycles. The molecule has 0 amide bonds. The minimum atomic E-state index is -0.440. The van der Waals surface area contributed by atoms with E-state index in [2.05, 4.69) is 40.4 Å². The summed E-state index contributed by atoms with van der Waals surface area (Å²) in [7, 11) is 0. The second-order valence-corrected chi connectivity index (χ2v) is 14.7. The van der Waals surface area contributed by atoms with Crippen LogP contribution in [0.1, 0.15) is 34.6 Å². The van der Waals surface area contributed by atoms with E-state index in [9.17, 15) is 0 Å². The van der Waals surface area contributed by atoms with Crippen LogP contribution in [0.3, 0.4) is 0 Å². The third-order valence-electron chi connectivity index (χ3n) is 8.62. The molecule has 0 unspecified atom stereocenters. The van der Waals surface area contributed by atoms with Crippen molar-refractivity contribution in [1.82, 2.24) is 68.5 Å². The zero-order valence-corrected chi connectivity index (χ0v) is 52.8. The number of allylic oxidation sites excluding steroid dienone is 8. The molecule has 0 saturated carbocycles. The Morgan fingerprint density at radius 2 is 0.394 bits per heavy atom. The number of hydrogen-bond donors (Lipinski definition) is 0. The molecule has 466 valence electrons. The SMILES string of the molecule is CC#N.CC#N.CC#N.CCOCC.N#CC(C#N)=C(C#N)C#N.N#CC(C#N)=C(C#N)C#N.N#CC(C#N)=C(C#N)C#N.N#CC(C#N)=C(C#N)C#N.[Mn].[Mn].c1cnn(CN(Cn2cccn2)Cn2cccn2)c1.c1cnn(CN(Cn2cccn2)Cn2cccn2)c1. The van der Waals surface area contributed by atoms with Gasteiger partial charge in [-0.1, -0.05) is 0 Å². The molecule has 0 N–H and O–H groups in total. The number of hydrogen-bond acceptors (Lipinski definition) is 28. The van der Waals surface area contributed by atoms with Gasteiger partial charge in [0.05, 0.1) is 58.2 Å². The average Bonchev–Trinajstić information content (AvgIpc) is 1.82. The topological polar surface area (TPSA) is 575 Å². The zero-order chi connectivity index (χ0) is 70.0. The Balaban J connectivity index is -0.000000242. The number of aromatic nitrogens is 12. The first-order valence-corrected chi connectivity index (χ1v) is 24.8. The first kappa shape index (κ1) is 90.6. The van der Waals surface area contributed by atoms with Gasteiger partial charge in [-0.15, -0.1) is 0 Å². The first-order chi connectivity index (χ1) is 44.6. The number of ether oxygens (including phenoxy) is 1. The van der Waals surface area contributed by atoms with Gasteiger partial charge in [-0.05, 0) is 50.2 Å². The predicted octanol–water partition coefficient (Wildman–Crippen LogP) is 5.84. The van der Waals surface area contributed by atoms with Crippen LogP contribution in [-0.2, 0) is 78.9 Å². The van der Waals surface area contributed by atoms with Crippen molar-refractivity contribution < 1.29 is 38.9 Å². The van der Waals surface area contributed by atoms with Gasteiger partial charge < -0.3 is 4.74 Å². The monoisotopic (exact) mass is 1330 g/mol. The van der Waals surface area contributed by atoms with Gasteiger partial charge in [0.1, 0.15) is 97.1 Å². The van der Waals surface area contributed by atoms with E-state index < -0.39 is 44.6 Å². The van der Waals surface area contributed by atoms with Gasteiger partial charge in [0, 0.05) is 142 Å². The largest absolute Gasteiger partial charge is 0.382 e. The van der Waals surface area contributed by atoms with Gasteiger partial charge in [0.2, 0.25) is 0 Å². The second-order valence-electron chi connectivity index (χ2n) is 14.7. The van der Waals surface area contributed by atoms with Crippen LogP contribution in [0.5, 0.6) is 0 Å². The van der Waals surface area contributed by atoms with Gasteiger partial charge in [-0.3, -0.25) is 28.1 Å². The summed E-state index contributed by atoms with van der Waals surface area (Å²) >= 11 is 0. The van der Waals surface area contributed by atoms with Crippen molar-refractivity contribution in [3.63, 3.8) is 0 Å². The van der Waals surface area contributed by atoms with Crippen LogP contribution < -0.4 is 0 Å². The van der Waals surface area contributed by atoms with Crippen LogP contribution in [0.15, 0.2) is 155 Å². The van der Waals surface area contributed by atoms with E-state index in [-0.39, 0.29) is 34.1 Å². The van der Waals surface area contributed by atoms with Crippen molar-refractivity contribution >= 4 is 0 Å². The summed E-state index contributed by atoms with van der Waals surface area (Å²) in [6.07, 6.45) is 22.3. The molecule has 34 nitrogen and oxygen atoms in total. The third-order valence-corrected chi connectivity index (χ3v) is 8.62. The molecule has 6 rings (SSSR count). The van der Waals surface area contributed by atoms with E-state index in [4.69, 9.17) is 105 Å². The number of rotatable bonds is 14. The molecule has 2 radical (unpaired) electrons. The van der Waals surface area contributed by atoms with E-state index in [0.29, 0.717) is 40.0 Å². The van der Waals surface area contributed by atoms with E-state index >= 15 is 0 Å². The molecular weight excluding hydrogens is 1280 g/mol. The maximum absolute atomic E-state index is 8.13. The fraction of sp³-hybridized carbons (Fsp3) is 0.224. The standard InChI is InChI=1S/2C12H15N7.4C6N4.C4H10O.3C2H3N.2Mn/c2*1-4-13-17(7-1)10-16(11-18-8-2-5-14-18)12-19-9-3-6-15-19;4*7-1-5(2-8)6(3-9)4-10;1-3-5-4-2;3*1-2-3;;/h2*1-9H,10-12H2;;;;;3-4H2,1-2H3;3*1H3;;. The second kappa shape index (κ2) is 64.4. The molecule has 94 heavy (non-hydrogen) atoms. The van der Waals surface area contributed by atoms with E-state index in [0.717, 1.165) is 13.2 Å². The molecular formula is C58H49Mn2N33O. The molecule has 0 fully saturated rings. The molecule has 0 aromatic carbocycles. The summed E-state index contributed by atoms with van der Waals surface area (Å²) < 4.78 is 16.1. The van der Waals surface area contributed by atoms with Crippen molar-refractivity contribution in [2.45, 2.75) is 74.6 Å². The van der Waals surface area contributed by atoms with Crippen LogP contribution >= 0.6 is 0 Å². The zero-order valence-electron chi connectivity index (χ0n) is 50.5. The quantitative estimate of drug-likeness (QED) is 0.0912. The maximum atomic E-state index is 8.13. The Kier molecular flexibility index (Phi) is 62.1. The molecule has 0 spiro atoms. The van der Waals surface area contributed by atoms with Crippen molar-refractivity contribution in [2.24, 2.45) is 0 Å². The summed E-state index contributed by atoms with van der Waals surface area (Å²) in [6, 6.07) is 39.6. The summed E-state index contributed by atoms with van der Waals surface area (Å²) in [5, 5.41) is 177. The van der Waals surface area contributed by atoms with Gasteiger partial charge >= 0.3 is 0 Å². The Hall–Kier alpha value is -14.6. The summed E-state index contributed by atoms with van der Waals surface area (Å²) in [4.78, 5) is 4.38. The van der Waals surface area contributed by atoms with E-state index in [1.807, 2.05) is 116 Å². The first-order valence-electron chi connectivity index (χ1n) is 24.8. The molecule has 0 atom stereocenters. The molecule has 36 heteroatoms. The van der Waals surface area contributed by atoms with Gasteiger partial charge in [-0.25, -0.2) is 9.80 Å². The smallest absolute Gasteiger partial charge is 0.158 e. The van der Waals surface area contributed by atoms with Crippen LogP contribution in [0, 0.1) is 215 Å². The van der Waals surface area contributed by atoms with Gasteiger partial charge in [0.15, 0.2) is 44.6 Å². The maximum Gasteiger partial charge on any atom is 0.158 e. The normalized spacial score (nSPS) is 7.62. The van der Waals surface area contributed by atoms with Crippen LogP contribution in [0.4, 0.5) is 0 Å². The van der Waals surface area contributed by atoms with Gasteiger partial charge in [0.25, 0.3) is 0 Å². The number of nitriles is 19. The molecule has 0 bridgehead atoms. The molecule has 0 aliphatic rings. The Bertz CT molecular complexity index is 3240. The van der Waals surface area contributed by atoms with Crippen molar-refractivity contribution in [1.29, 1.82) is 100.0 Å². The minimum absolute atomic E-state index is 0. The Morgan fingerprint density at radius 3 is 0.457 bits per heavy atom. The predicted molar refractivity (Wildman–Crippen MR) is 311 cm³/mol. The van der Waals surface area contributed by atoms with Crippen molar-refractivity contribution in [3.05, 3.63) is 155 Å². The summed E-state index contributed by atoms with van der Waals surface area (Å²) in [5.74, 6) is 0. The van der Waals surface area contributed by atoms with Crippen molar-refractivity contribution in [2.75, 3.05) is 13.2 Å². The van der Waals surface area contributed by atoms with Crippen LogP contribution in [0.25, 0.3) is 0 Å². The van der Waals surface area contributed by atoms with Crippen LogP contribution in [0.2, 0.25) is 0 Å². The summed E-state index contributed by atoms with van der Waals surface area (Å²) in [6.45, 7) is 14.1. The molecule has 0 aliphatic carbocycles. The van der Waals surface area contributed by atoms with Crippen molar-refractivity contribution in [3.8, 4) is 115 Å². The fourth-order valence-electron chi connectivity index (χ4n) is 5.10. The van der Waals surface area contributed by atoms with E-state index in [1.54, 1.807) is 55.4 Å². The molecule has 0 aliphatic heterocycles. The molecule has 6 aromatic rings. The summed E-state index contributed by atoms with van der Waals surface area (Å²) in [5.41, 5.74) is -3.52. The minimum Gasteiger partial charge on any atom is -0.382 e. The van der Waals surface area contributed by atoms with Crippen LogP contribution in [-0.4, -0.2) is 81.7 Å². The fourth-order valence-corrected chi connectivity index (χ4v) is 5.10.